The molecule has 0 aliphatic rings. The molecule has 3 heteroatoms. The zero-order valence-corrected chi connectivity index (χ0v) is 7.89. The summed E-state index contributed by atoms with van der Waals surface area (Å²) in [7, 11) is -2.24. The van der Waals surface area contributed by atoms with Crippen molar-refractivity contribution in [2.45, 2.75) is 32.9 Å². The summed E-state index contributed by atoms with van der Waals surface area (Å²) in [6.45, 7) is 7.76. The van der Waals surface area contributed by atoms with Crippen molar-refractivity contribution in [3.05, 3.63) is 0 Å². The Kier molecular flexibility index (Phi) is 3.94. The van der Waals surface area contributed by atoms with Crippen LogP contribution in [0.4, 0.5) is 0 Å². The predicted molar refractivity (Wildman–Crippen MR) is 43.8 cm³/mol. The van der Waals surface area contributed by atoms with Gasteiger partial charge in [-0.1, -0.05) is 27.7 Å². The first-order valence-corrected chi connectivity index (χ1v) is 4.85. The molecule has 0 saturated carbocycles. The van der Waals surface area contributed by atoms with E-state index < -0.39 is 10.7 Å². The van der Waals surface area contributed by atoms with Gasteiger partial charge in [-0.15, -0.1) is 0 Å². The van der Waals surface area contributed by atoms with Gasteiger partial charge in [-0.05, 0) is 11.8 Å². The van der Waals surface area contributed by atoms with Gasteiger partial charge in [0, 0.05) is 0 Å². The molecule has 62 valence electrons. The summed E-state index contributed by atoms with van der Waals surface area (Å²) in [4.78, 5) is 0. The summed E-state index contributed by atoms with van der Waals surface area (Å²) >= 11 is 0. The first-order valence-electron chi connectivity index (χ1n) is 3.60. The predicted octanol–water partition coefficient (Wildman–Crippen LogP) is 1.28. The molecule has 0 aromatic carbocycles. The zero-order valence-electron chi connectivity index (χ0n) is 7.00. The maximum atomic E-state index is 10.6. The minimum atomic E-state index is -2.24. The van der Waals surface area contributed by atoms with Gasteiger partial charge in [-0.2, -0.15) is 0 Å². The van der Waals surface area contributed by atoms with E-state index in [-0.39, 0.29) is 17.1 Å². The van der Waals surface area contributed by atoms with Crippen LogP contribution in [0.25, 0.3) is 0 Å². The Bertz CT molecular complexity index is 143. The molecule has 0 aromatic rings. The highest BCUT2D eigenvalue weighted by molar-refractivity contribution is 7.73. The summed E-state index contributed by atoms with van der Waals surface area (Å²) in [6.07, 6.45) is 0. The Balaban J connectivity index is 4.27. The van der Waals surface area contributed by atoms with Crippen molar-refractivity contribution in [1.82, 2.24) is 0 Å². The molecule has 0 fully saturated rings. The van der Waals surface area contributed by atoms with Gasteiger partial charge in [0.05, 0.1) is 5.25 Å². The molecule has 0 rings (SSSR count). The fourth-order valence-electron chi connectivity index (χ4n) is 1.26. The molecule has 10 heavy (non-hydrogen) atoms. The third kappa shape index (κ3) is 2.69. The number of hydrogen-bond acceptors (Lipinski definition) is 2. The maximum Gasteiger partial charge on any atom is 0.143 e. The average Bonchev–Trinajstić information content (AvgIpc) is 1.59. The number of hydrogen-bond donors (Lipinski definition) is 1. The Morgan fingerprint density at radius 1 is 0.900 bits per heavy atom. The lowest BCUT2D eigenvalue weighted by atomic mass is 10.0. The van der Waals surface area contributed by atoms with Crippen molar-refractivity contribution in [1.29, 1.82) is 0 Å². The van der Waals surface area contributed by atoms with Crippen LogP contribution in [0.1, 0.15) is 27.7 Å². The molecular weight excluding hydrogens is 148 g/mol. The highest BCUT2D eigenvalue weighted by Crippen LogP contribution is 2.14. The third-order valence-electron chi connectivity index (χ3n) is 1.61. The molecule has 0 aliphatic carbocycles. The molecule has 0 saturated heterocycles. The Morgan fingerprint density at radius 3 is 1.20 bits per heavy atom. The van der Waals surface area contributed by atoms with Crippen LogP contribution < -0.4 is 0 Å². The minimum absolute atomic E-state index is 0.157. The first-order chi connectivity index (χ1) is 4.46. The standard InChI is InChI=1S/C7H16O2S/c1-5(2)7(6(3)4)10(8)9/h5-7,10H,1-4H3. The summed E-state index contributed by atoms with van der Waals surface area (Å²) in [5.41, 5.74) is 0. The second-order valence-corrected chi connectivity index (χ2v) is 4.43. The molecule has 0 atom stereocenters. The molecule has 0 N–H and O–H groups in total. The Hall–Kier alpha value is -0.0500. The number of rotatable bonds is 3. The molecule has 0 aromatic heterocycles. The van der Waals surface area contributed by atoms with E-state index in [1.807, 2.05) is 27.7 Å². The first kappa shape index (κ1) is 9.95. The summed E-state index contributed by atoms with van der Waals surface area (Å²) in [6, 6.07) is 0. The Labute approximate surface area is 64.6 Å². The molecule has 0 unspecified atom stereocenters. The lowest BCUT2D eigenvalue weighted by Crippen LogP contribution is -2.23. The van der Waals surface area contributed by atoms with Crippen molar-refractivity contribution < 1.29 is 8.42 Å². The SMILES string of the molecule is CC(C)C(C(C)C)[SH](=O)=O. The fourth-order valence-corrected chi connectivity index (χ4v) is 2.23. The highest BCUT2D eigenvalue weighted by atomic mass is 32.2. The number of thiol groups is 1. The maximum absolute atomic E-state index is 10.6. The molecular formula is C7H16O2S. The van der Waals surface area contributed by atoms with Crippen molar-refractivity contribution in [2.75, 3.05) is 0 Å². The van der Waals surface area contributed by atoms with Crippen LogP contribution in [0, 0.1) is 11.8 Å². The van der Waals surface area contributed by atoms with Crippen molar-refractivity contribution >= 4 is 10.7 Å². The largest absolute Gasteiger partial charge is 0.232 e. The van der Waals surface area contributed by atoms with Gasteiger partial charge in [0.25, 0.3) is 0 Å². The molecule has 0 bridgehead atoms. The second-order valence-electron chi connectivity index (χ2n) is 3.26. The van der Waals surface area contributed by atoms with E-state index >= 15 is 0 Å². The van der Waals surface area contributed by atoms with Gasteiger partial charge in [-0.25, -0.2) is 8.42 Å². The quantitative estimate of drug-likeness (QED) is 0.638. The summed E-state index contributed by atoms with van der Waals surface area (Å²) in [5.74, 6) is 0.474. The summed E-state index contributed by atoms with van der Waals surface area (Å²) < 4.78 is 21.2. The third-order valence-corrected chi connectivity index (χ3v) is 3.29. The van der Waals surface area contributed by atoms with E-state index in [0.29, 0.717) is 0 Å². The van der Waals surface area contributed by atoms with Gasteiger partial charge in [0.1, 0.15) is 10.7 Å². The van der Waals surface area contributed by atoms with E-state index in [9.17, 15) is 8.42 Å². The van der Waals surface area contributed by atoms with Crippen LogP contribution in [0.2, 0.25) is 0 Å². The van der Waals surface area contributed by atoms with Crippen LogP contribution >= 0.6 is 0 Å². The van der Waals surface area contributed by atoms with Crippen molar-refractivity contribution in [3.63, 3.8) is 0 Å². The lowest BCUT2D eigenvalue weighted by Gasteiger charge is -2.17. The molecule has 0 spiro atoms. The average molecular weight is 164 g/mol. The zero-order chi connectivity index (χ0) is 8.31. The second kappa shape index (κ2) is 3.96. The van der Waals surface area contributed by atoms with Crippen molar-refractivity contribution in [2.24, 2.45) is 11.8 Å². The van der Waals surface area contributed by atoms with E-state index in [1.54, 1.807) is 0 Å². The Morgan fingerprint density at radius 2 is 1.20 bits per heavy atom. The van der Waals surface area contributed by atoms with E-state index in [2.05, 4.69) is 0 Å². The molecule has 0 aliphatic heterocycles. The molecule has 0 amide bonds. The normalized spacial score (nSPS) is 12.4. The fraction of sp³-hybridized carbons (Fsp3) is 1.00. The van der Waals surface area contributed by atoms with Gasteiger partial charge in [0.15, 0.2) is 0 Å². The van der Waals surface area contributed by atoms with E-state index in [0.717, 1.165) is 0 Å². The lowest BCUT2D eigenvalue weighted by molar-refractivity contribution is 0.460. The molecule has 2 nitrogen and oxygen atoms in total. The van der Waals surface area contributed by atoms with Crippen LogP contribution in [-0.2, 0) is 10.7 Å². The monoisotopic (exact) mass is 164 g/mol. The van der Waals surface area contributed by atoms with E-state index in [1.165, 1.54) is 0 Å². The van der Waals surface area contributed by atoms with Crippen LogP contribution in [-0.4, -0.2) is 13.7 Å². The smallest absolute Gasteiger partial charge is 0.143 e. The van der Waals surface area contributed by atoms with Crippen LogP contribution in [0.3, 0.4) is 0 Å². The molecule has 0 heterocycles. The van der Waals surface area contributed by atoms with Gasteiger partial charge in [0.2, 0.25) is 0 Å². The van der Waals surface area contributed by atoms with Crippen LogP contribution in [0.5, 0.6) is 0 Å². The topological polar surface area (TPSA) is 34.1 Å². The van der Waals surface area contributed by atoms with Gasteiger partial charge in [-0.3, -0.25) is 0 Å². The summed E-state index contributed by atoms with van der Waals surface area (Å²) in [5, 5.41) is -0.157. The minimum Gasteiger partial charge on any atom is -0.232 e. The van der Waals surface area contributed by atoms with Crippen molar-refractivity contribution in [3.8, 4) is 0 Å². The van der Waals surface area contributed by atoms with E-state index in [4.69, 9.17) is 0 Å². The highest BCUT2D eigenvalue weighted by Gasteiger charge is 2.19. The van der Waals surface area contributed by atoms with Gasteiger partial charge >= 0.3 is 0 Å². The van der Waals surface area contributed by atoms with Gasteiger partial charge < -0.3 is 0 Å². The molecule has 0 radical (unpaired) electrons. The van der Waals surface area contributed by atoms with Crippen LogP contribution in [0.15, 0.2) is 0 Å².